The van der Waals surface area contributed by atoms with Gasteiger partial charge in [0.15, 0.2) is 0 Å². The Kier molecular flexibility index (Phi) is 4.45. The number of hydrogen-bond donors (Lipinski definition) is 0. The smallest absolute Gasteiger partial charge is 0.399 e. The Bertz CT molecular complexity index is 1460. The first-order valence-corrected chi connectivity index (χ1v) is 11.6. The van der Waals surface area contributed by atoms with Gasteiger partial charge in [0.2, 0.25) is 0 Å². The first-order valence-electron chi connectivity index (χ1n) is 11.6. The minimum absolute atomic E-state index is 0.335. The van der Waals surface area contributed by atoms with Crippen LogP contribution in [0.2, 0.25) is 0 Å². The quantitative estimate of drug-likeness (QED) is 0.219. The van der Waals surface area contributed by atoms with Crippen LogP contribution in [0.5, 0.6) is 0 Å². The molecule has 2 nitrogen and oxygen atoms in total. The van der Waals surface area contributed by atoms with Crippen LogP contribution in [0.25, 0.3) is 43.4 Å². The highest BCUT2D eigenvalue weighted by atomic mass is 16.7. The van der Waals surface area contributed by atoms with E-state index in [4.69, 9.17) is 9.31 Å². The van der Waals surface area contributed by atoms with Crippen molar-refractivity contribution < 1.29 is 9.31 Å². The molecule has 0 spiro atoms. The standard InChI is InChI=1S/C30H27BO2/c1-29(2)30(3,4)33-31(32-29)22-16-13-20(14-17-22)21-15-18-27-25-11-6-5-9-23(25)24-10-7-8-12-26(24)28(27)19-21/h5-19H,1-4H3. The van der Waals surface area contributed by atoms with Crippen molar-refractivity contribution in [3.05, 3.63) is 91.0 Å². The van der Waals surface area contributed by atoms with Gasteiger partial charge < -0.3 is 9.31 Å². The monoisotopic (exact) mass is 430 g/mol. The molecule has 0 unspecified atom stereocenters. The van der Waals surface area contributed by atoms with Crippen molar-refractivity contribution in [3.8, 4) is 11.1 Å². The first-order chi connectivity index (χ1) is 15.8. The largest absolute Gasteiger partial charge is 0.494 e. The third kappa shape index (κ3) is 3.19. The van der Waals surface area contributed by atoms with E-state index in [1.807, 2.05) is 0 Å². The average molecular weight is 430 g/mol. The molecular weight excluding hydrogens is 403 g/mol. The molecule has 33 heavy (non-hydrogen) atoms. The Morgan fingerprint density at radius 2 is 0.909 bits per heavy atom. The van der Waals surface area contributed by atoms with Crippen molar-refractivity contribution in [2.75, 3.05) is 0 Å². The van der Waals surface area contributed by atoms with E-state index in [1.165, 1.54) is 43.4 Å². The molecular formula is C30H27BO2. The minimum Gasteiger partial charge on any atom is -0.399 e. The van der Waals surface area contributed by atoms with Crippen LogP contribution in [-0.2, 0) is 9.31 Å². The Labute approximate surface area is 195 Å². The van der Waals surface area contributed by atoms with Gasteiger partial charge in [-0.2, -0.15) is 0 Å². The van der Waals surface area contributed by atoms with Gasteiger partial charge in [-0.1, -0.05) is 84.9 Å². The van der Waals surface area contributed by atoms with Crippen LogP contribution in [0.3, 0.4) is 0 Å². The summed E-state index contributed by atoms with van der Waals surface area (Å²) >= 11 is 0. The van der Waals surface area contributed by atoms with Crippen molar-refractivity contribution >= 4 is 44.9 Å². The molecule has 162 valence electrons. The third-order valence-corrected chi connectivity index (χ3v) is 7.51. The van der Waals surface area contributed by atoms with Gasteiger partial charge in [0.05, 0.1) is 11.2 Å². The predicted molar refractivity (Wildman–Crippen MR) is 140 cm³/mol. The van der Waals surface area contributed by atoms with E-state index in [-0.39, 0.29) is 18.3 Å². The van der Waals surface area contributed by atoms with Crippen LogP contribution >= 0.6 is 0 Å². The summed E-state index contributed by atoms with van der Waals surface area (Å²) < 4.78 is 12.4. The van der Waals surface area contributed by atoms with Crippen LogP contribution < -0.4 is 5.46 Å². The average Bonchev–Trinajstić information content (AvgIpc) is 3.06. The molecule has 0 atom stereocenters. The first kappa shape index (κ1) is 20.5. The summed E-state index contributed by atoms with van der Waals surface area (Å²) in [5.74, 6) is 0. The fourth-order valence-electron chi connectivity index (χ4n) is 4.90. The van der Waals surface area contributed by atoms with E-state index >= 15 is 0 Å². The molecule has 0 aromatic heterocycles. The molecule has 1 aliphatic rings. The molecule has 6 rings (SSSR count). The normalized spacial score (nSPS) is 17.3. The molecule has 1 fully saturated rings. The second-order valence-corrected chi connectivity index (χ2v) is 10.1. The summed E-state index contributed by atoms with van der Waals surface area (Å²) in [5, 5.41) is 7.78. The topological polar surface area (TPSA) is 18.5 Å². The van der Waals surface area contributed by atoms with Gasteiger partial charge in [-0.05, 0) is 82.7 Å². The molecule has 0 N–H and O–H groups in total. The highest BCUT2D eigenvalue weighted by Gasteiger charge is 2.51. The van der Waals surface area contributed by atoms with Crippen LogP contribution in [-0.4, -0.2) is 18.3 Å². The second kappa shape index (κ2) is 7.18. The summed E-state index contributed by atoms with van der Waals surface area (Å²) in [4.78, 5) is 0. The molecule has 1 heterocycles. The Morgan fingerprint density at radius 3 is 1.42 bits per heavy atom. The van der Waals surface area contributed by atoms with E-state index in [0.29, 0.717) is 0 Å². The van der Waals surface area contributed by atoms with Crippen LogP contribution in [0.15, 0.2) is 91.0 Å². The summed E-state index contributed by atoms with van der Waals surface area (Å²) in [6.45, 7) is 8.35. The lowest BCUT2D eigenvalue weighted by Crippen LogP contribution is -2.41. The number of hydrogen-bond acceptors (Lipinski definition) is 2. The van der Waals surface area contributed by atoms with Crippen molar-refractivity contribution in [2.24, 2.45) is 0 Å². The molecule has 5 aromatic rings. The fraction of sp³-hybridized carbons (Fsp3) is 0.200. The van der Waals surface area contributed by atoms with E-state index in [2.05, 4.69) is 119 Å². The highest BCUT2D eigenvalue weighted by Crippen LogP contribution is 2.38. The van der Waals surface area contributed by atoms with E-state index in [9.17, 15) is 0 Å². The molecule has 3 heteroatoms. The van der Waals surface area contributed by atoms with E-state index in [1.54, 1.807) is 0 Å². The number of fused-ring (bicyclic) bond motifs is 6. The van der Waals surface area contributed by atoms with Crippen LogP contribution in [0, 0.1) is 0 Å². The highest BCUT2D eigenvalue weighted by molar-refractivity contribution is 6.62. The molecule has 0 aliphatic carbocycles. The Morgan fingerprint density at radius 1 is 0.485 bits per heavy atom. The maximum absolute atomic E-state index is 6.22. The molecule has 0 saturated carbocycles. The van der Waals surface area contributed by atoms with E-state index < -0.39 is 0 Å². The predicted octanol–water partition coefficient (Wildman–Crippen LogP) is 7.11. The van der Waals surface area contributed by atoms with Gasteiger partial charge >= 0.3 is 7.12 Å². The Balaban J connectivity index is 1.44. The zero-order chi connectivity index (χ0) is 22.8. The third-order valence-electron chi connectivity index (χ3n) is 7.51. The SMILES string of the molecule is CC1(C)OB(c2ccc(-c3ccc4c5ccccc5c5ccccc5c4c3)cc2)OC1(C)C. The van der Waals surface area contributed by atoms with Gasteiger partial charge in [0.25, 0.3) is 0 Å². The lowest BCUT2D eigenvalue weighted by Gasteiger charge is -2.32. The maximum atomic E-state index is 6.22. The Hall–Kier alpha value is -3.14. The summed E-state index contributed by atoms with van der Waals surface area (Å²) in [6.07, 6.45) is 0. The minimum atomic E-state index is -0.337. The van der Waals surface area contributed by atoms with Gasteiger partial charge in [-0.25, -0.2) is 0 Å². The number of rotatable bonds is 2. The summed E-state index contributed by atoms with van der Waals surface area (Å²) in [7, 11) is -0.337. The van der Waals surface area contributed by atoms with Crippen LogP contribution in [0.1, 0.15) is 27.7 Å². The molecule has 0 radical (unpaired) electrons. The zero-order valence-electron chi connectivity index (χ0n) is 19.6. The van der Waals surface area contributed by atoms with Crippen molar-refractivity contribution in [1.29, 1.82) is 0 Å². The molecule has 1 aliphatic heterocycles. The summed E-state index contributed by atoms with van der Waals surface area (Å²) in [5.41, 5.74) is 2.78. The van der Waals surface area contributed by atoms with Gasteiger partial charge in [0, 0.05) is 0 Å². The van der Waals surface area contributed by atoms with Crippen molar-refractivity contribution in [2.45, 2.75) is 38.9 Å². The number of benzene rings is 5. The van der Waals surface area contributed by atoms with Crippen LogP contribution in [0.4, 0.5) is 0 Å². The lowest BCUT2D eigenvalue weighted by atomic mass is 9.78. The maximum Gasteiger partial charge on any atom is 0.494 e. The van der Waals surface area contributed by atoms with Gasteiger partial charge in [-0.15, -0.1) is 0 Å². The molecule has 0 bridgehead atoms. The van der Waals surface area contributed by atoms with Crippen molar-refractivity contribution in [3.63, 3.8) is 0 Å². The molecule has 5 aromatic carbocycles. The van der Waals surface area contributed by atoms with Crippen molar-refractivity contribution in [1.82, 2.24) is 0 Å². The summed E-state index contributed by atoms with van der Waals surface area (Å²) in [6, 6.07) is 32.8. The zero-order valence-corrected chi connectivity index (χ0v) is 19.6. The second-order valence-electron chi connectivity index (χ2n) is 10.1. The molecule has 0 amide bonds. The molecule has 1 saturated heterocycles. The lowest BCUT2D eigenvalue weighted by molar-refractivity contribution is 0.00578. The van der Waals surface area contributed by atoms with Gasteiger partial charge in [0.1, 0.15) is 0 Å². The van der Waals surface area contributed by atoms with E-state index in [0.717, 1.165) is 5.46 Å². The van der Waals surface area contributed by atoms with Gasteiger partial charge in [-0.3, -0.25) is 0 Å². The fourth-order valence-corrected chi connectivity index (χ4v) is 4.90.